The van der Waals surface area contributed by atoms with E-state index >= 15 is 0 Å². The predicted molar refractivity (Wildman–Crippen MR) is 133 cm³/mol. The molecular formula is C23H25BrN4O4S. The van der Waals surface area contributed by atoms with Gasteiger partial charge in [0.2, 0.25) is 5.91 Å². The Hall–Kier alpha value is -2.98. The smallest absolute Gasteiger partial charge is 0.269 e. The van der Waals surface area contributed by atoms with E-state index in [1.165, 1.54) is 13.5 Å². The zero-order valence-electron chi connectivity index (χ0n) is 18.1. The van der Waals surface area contributed by atoms with Crippen molar-refractivity contribution in [1.82, 2.24) is 16.2 Å². The van der Waals surface area contributed by atoms with Crippen LogP contribution in [0.4, 0.5) is 5.69 Å². The third-order valence-electron chi connectivity index (χ3n) is 5.32. The number of amides is 3. The second-order valence-electron chi connectivity index (χ2n) is 7.61. The average Bonchev–Trinajstić information content (AvgIpc) is 2.83. The molecule has 3 amide bonds. The number of carbonyl (C=O) groups is 3. The van der Waals surface area contributed by atoms with Crippen LogP contribution in [0.1, 0.15) is 52.8 Å². The predicted octanol–water partition coefficient (Wildman–Crippen LogP) is 3.93. The van der Waals surface area contributed by atoms with Gasteiger partial charge in [-0.15, -0.1) is 0 Å². The summed E-state index contributed by atoms with van der Waals surface area (Å²) in [4.78, 5) is 37.0. The summed E-state index contributed by atoms with van der Waals surface area (Å²) < 4.78 is 5.76. The molecule has 0 radical (unpaired) electrons. The summed E-state index contributed by atoms with van der Waals surface area (Å²) in [6, 6.07) is 11.4. The minimum absolute atomic E-state index is 0.0264. The van der Waals surface area contributed by atoms with Crippen molar-refractivity contribution in [3.8, 4) is 5.75 Å². The third-order valence-corrected chi connectivity index (χ3v) is 6.15. The first-order valence-corrected chi connectivity index (χ1v) is 11.7. The molecule has 0 atom stereocenters. The summed E-state index contributed by atoms with van der Waals surface area (Å²) in [5.41, 5.74) is 6.31. The topological polar surface area (TPSA) is 109 Å². The van der Waals surface area contributed by atoms with Gasteiger partial charge >= 0.3 is 0 Å². The molecule has 8 nitrogen and oxygen atoms in total. The van der Waals surface area contributed by atoms with Crippen LogP contribution in [0, 0.1) is 5.92 Å². The summed E-state index contributed by atoms with van der Waals surface area (Å²) in [7, 11) is 1.53. The molecule has 0 unspecified atom stereocenters. The fourth-order valence-corrected chi connectivity index (χ4v) is 4.20. The van der Waals surface area contributed by atoms with Crippen molar-refractivity contribution in [2.45, 2.75) is 32.1 Å². The number of hydrogen-bond acceptors (Lipinski definition) is 5. The molecule has 0 saturated heterocycles. The summed E-state index contributed by atoms with van der Waals surface area (Å²) in [6.07, 6.45) is 5.21. The number of halogens is 1. The van der Waals surface area contributed by atoms with Gasteiger partial charge < -0.3 is 10.1 Å². The highest BCUT2D eigenvalue weighted by Crippen LogP contribution is 2.26. The molecule has 1 fully saturated rings. The van der Waals surface area contributed by atoms with E-state index in [-0.39, 0.29) is 16.9 Å². The molecule has 2 aromatic rings. The molecule has 0 bridgehead atoms. The van der Waals surface area contributed by atoms with Crippen molar-refractivity contribution in [1.29, 1.82) is 0 Å². The van der Waals surface area contributed by atoms with Crippen LogP contribution >= 0.6 is 28.1 Å². The van der Waals surface area contributed by atoms with E-state index in [1.54, 1.807) is 42.5 Å². The summed E-state index contributed by atoms with van der Waals surface area (Å²) in [6.45, 7) is 0. The molecule has 10 heteroatoms. The van der Waals surface area contributed by atoms with Crippen molar-refractivity contribution in [3.05, 3.63) is 58.1 Å². The maximum absolute atomic E-state index is 12.3. The largest absolute Gasteiger partial charge is 0.496 e. The monoisotopic (exact) mass is 532 g/mol. The first-order chi connectivity index (χ1) is 15.9. The van der Waals surface area contributed by atoms with E-state index in [0.29, 0.717) is 27.0 Å². The van der Waals surface area contributed by atoms with Crippen LogP contribution in [0.25, 0.3) is 0 Å². The van der Waals surface area contributed by atoms with Crippen LogP contribution in [0.3, 0.4) is 0 Å². The molecule has 0 aromatic heterocycles. The Morgan fingerprint density at radius 3 is 2.24 bits per heavy atom. The number of anilines is 1. The molecule has 0 heterocycles. The summed E-state index contributed by atoms with van der Waals surface area (Å²) in [5.74, 6) is -0.203. The van der Waals surface area contributed by atoms with E-state index in [2.05, 4.69) is 37.4 Å². The SMILES string of the molecule is COc1ccc(C(=O)NC(=S)NNC(=O)c2ccc(NC(=O)C3CCCCC3)cc2)cc1Br. The fourth-order valence-electron chi connectivity index (χ4n) is 3.51. The first kappa shape index (κ1) is 24.7. The number of benzene rings is 2. The number of hydrazine groups is 1. The van der Waals surface area contributed by atoms with Crippen molar-refractivity contribution < 1.29 is 19.1 Å². The van der Waals surface area contributed by atoms with Gasteiger partial charge in [-0.05, 0) is 83.5 Å². The molecule has 1 aliphatic carbocycles. The number of carbonyl (C=O) groups excluding carboxylic acids is 3. The van der Waals surface area contributed by atoms with Crippen LogP contribution in [0.15, 0.2) is 46.9 Å². The molecule has 174 valence electrons. The van der Waals surface area contributed by atoms with Crippen LogP contribution < -0.4 is 26.2 Å². The number of methoxy groups -OCH3 is 1. The number of thiocarbonyl (C=S) groups is 1. The Kier molecular flexibility index (Phi) is 8.79. The van der Waals surface area contributed by atoms with Gasteiger partial charge in [0.1, 0.15) is 5.75 Å². The van der Waals surface area contributed by atoms with Crippen molar-refractivity contribution in [2.75, 3.05) is 12.4 Å². The van der Waals surface area contributed by atoms with E-state index in [4.69, 9.17) is 17.0 Å². The van der Waals surface area contributed by atoms with Crippen LogP contribution in [-0.2, 0) is 4.79 Å². The molecule has 0 spiro atoms. The molecule has 2 aromatic carbocycles. The van der Waals surface area contributed by atoms with Gasteiger partial charge in [-0.25, -0.2) is 0 Å². The van der Waals surface area contributed by atoms with Crippen LogP contribution in [0.5, 0.6) is 5.75 Å². The van der Waals surface area contributed by atoms with Crippen molar-refractivity contribution in [3.63, 3.8) is 0 Å². The Morgan fingerprint density at radius 2 is 1.61 bits per heavy atom. The lowest BCUT2D eigenvalue weighted by Gasteiger charge is -2.20. The second kappa shape index (κ2) is 11.8. The summed E-state index contributed by atoms with van der Waals surface area (Å²) >= 11 is 8.39. The molecule has 1 saturated carbocycles. The maximum atomic E-state index is 12.3. The highest BCUT2D eigenvalue weighted by atomic mass is 79.9. The maximum Gasteiger partial charge on any atom is 0.269 e. The number of ether oxygens (including phenoxy) is 1. The Labute approximate surface area is 205 Å². The van der Waals surface area contributed by atoms with Gasteiger partial charge in [0, 0.05) is 22.7 Å². The van der Waals surface area contributed by atoms with Gasteiger partial charge in [-0.3, -0.25) is 30.6 Å². The van der Waals surface area contributed by atoms with Gasteiger partial charge in [-0.2, -0.15) is 0 Å². The molecule has 33 heavy (non-hydrogen) atoms. The zero-order valence-corrected chi connectivity index (χ0v) is 20.5. The zero-order chi connectivity index (χ0) is 23.8. The van der Waals surface area contributed by atoms with E-state index in [9.17, 15) is 14.4 Å². The van der Waals surface area contributed by atoms with E-state index in [0.717, 1.165) is 25.7 Å². The summed E-state index contributed by atoms with van der Waals surface area (Å²) in [5, 5.41) is 5.34. The van der Waals surface area contributed by atoms with Gasteiger partial charge in [-0.1, -0.05) is 19.3 Å². The first-order valence-electron chi connectivity index (χ1n) is 10.5. The van der Waals surface area contributed by atoms with Gasteiger partial charge in [0.25, 0.3) is 11.8 Å². The minimum Gasteiger partial charge on any atom is -0.496 e. The third kappa shape index (κ3) is 7.00. The molecule has 0 aliphatic heterocycles. The number of hydrogen-bond donors (Lipinski definition) is 4. The van der Waals surface area contributed by atoms with Crippen molar-refractivity contribution in [2.24, 2.45) is 5.92 Å². The molecule has 3 rings (SSSR count). The highest BCUT2D eigenvalue weighted by molar-refractivity contribution is 9.10. The lowest BCUT2D eigenvalue weighted by Crippen LogP contribution is -2.48. The van der Waals surface area contributed by atoms with Crippen molar-refractivity contribution >= 4 is 56.7 Å². The quantitative estimate of drug-likeness (QED) is 0.343. The van der Waals surface area contributed by atoms with E-state index in [1.807, 2.05) is 0 Å². The van der Waals surface area contributed by atoms with Gasteiger partial charge in [0.05, 0.1) is 11.6 Å². The van der Waals surface area contributed by atoms with Gasteiger partial charge in [0.15, 0.2) is 5.11 Å². The fraction of sp³-hybridized carbons (Fsp3) is 0.304. The van der Waals surface area contributed by atoms with Crippen LogP contribution in [0.2, 0.25) is 0 Å². The number of rotatable bonds is 5. The lowest BCUT2D eigenvalue weighted by molar-refractivity contribution is -0.120. The highest BCUT2D eigenvalue weighted by Gasteiger charge is 2.21. The van der Waals surface area contributed by atoms with E-state index < -0.39 is 11.8 Å². The standard InChI is InChI=1S/C23H25BrN4O4S/c1-32-19-12-9-16(13-18(19)24)21(30)26-23(33)28-27-22(31)15-7-10-17(11-8-15)25-20(29)14-5-3-2-4-6-14/h7-14H,2-6H2,1H3,(H,25,29)(H,27,31)(H2,26,28,30,33). The lowest BCUT2D eigenvalue weighted by atomic mass is 9.88. The Morgan fingerprint density at radius 1 is 0.939 bits per heavy atom. The molecular weight excluding hydrogens is 508 g/mol. The van der Waals surface area contributed by atoms with Crippen LogP contribution in [-0.4, -0.2) is 29.9 Å². The Balaban J connectivity index is 1.46. The minimum atomic E-state index is -0.442. The molecule has 1 aliphatic rings. The average molecular weight is 533 g/mol. The number of nitrogens with one attached hydrogen (secondary N) is 4. The molecule has 4 N–H and O–H groups in total. The Bertz CT molecular complexity index is 1040. The second-order valence-corrected chi connectivity index (χ2v) is 8.88. The normalized spacial score (nSPS) is 13.5.